The van der Waals surface area contributed by atoms with E-state index in [2.05, 4.69) is 26.2 Å². The molecule has 0 radical (unpaired) electrons. The molecule has 0 saturated carbocycles. The van der Waals surface area contributed by atoms with E-state index in [-0.39, 0.29) is 5.82 Å². The number of aromatic nitrogens is 1. The van der Waals surface area contributed by atoms with Crippen LogP contribution in [-0.4, -0.2) is 25.2 Å². The Morgan fingerprint density at radius 1 is 1.50 bits per heavy atom. The SMILES string of the molecule is COCCNc1ncc(-c2ccc(Br)cc2F)s1. The van der Waals surface area contributed by atoms with Gasteiger partial charge in [0.15, 0.2) is 5.13 Å². The standard InChI is InChI=1S/C12H12BrFN2OS/c1-17-5-4-15-12-16-7-11(18-12)9-3-2-8(13)6-10(9)14/h2-3,6-7H,4-5H2,1H3,(H,15,16). The minimum absolute atomic E-state index is 0.253. The molecule has 0 saturated heterocycles. The molecule has 2 rings (SSSR count). The van der Waals surface area contributed by atoms with Gasteiger partial charge in [-0.2, -0.15) is 0 Å². The van der Waals surface area contributed by atoms with Crippen molar-refractivity contribution in [3.05, 3.63) is 34.7 Å². The van der Waals surface area contributed by atoms with Crippen molar-refractivity contribution in [1.29, 1.82) is 0 Å². The van der Waals surface area contributed by atoms with Crippen LogP contribution in [0, 0.1) is 5.82 Å². The Morgan fingerprint density at radius 3 is 3.06 bits per heavy atom. The summed E-state index contributed by atoms with van der Waals surface area (Å²) in [5, 5.41) is 3.89. The van der Waals surface area contributed by atoms with Crippen LogP contribution < -0.4 is 5.32 Å². The summed E-state index contributed by atoms with van der Waals surface area (Å²) in [6.45, 7) is 1.30. The summed E-state index contributed by atoms with van der Waals surface area (Å²) in [4.78, 5) is 5.01. The van der Waals surface area contributed by atoms with E-state index in [9.17, 15) is 4.39 Å². The van der Waals surface area contributed by atoms with Gasteiger partial charge in [-0.05, 0) is 18.2 Å². The normalized spacial score (nSPS) is 10.6. The molecule has 1 aromatic heterocycles. The lowest BCUT2D eigenvalue weighted by atomic mass is 10.2. The third-order valence-electron chi connectivity index (χ3n) is 2.28. The fourth-order valence-electron chi connectivity index (χ4n) is 1.43. The van der Waals surface area contributed by atoms with Gasteiger partial charge < -0.3 is 10.1 Å². The summed E-state index contributed by atoms with van der Waals surface area (Å²) in [6, 6.07) is 5.01. The number of hydrogen-bond donors (Lipinski definition) is 1. The van der Waals surface area contributed by atoms with Gasteiger partial charge in [0.1, 0.15) is 5.82 Å². The molecule has 0 amide bonds. The number of hydrogen-bond acceptors (Lipinski definition) is 4. The molecule has 0 bridgehead atoms. The fourth-order valence-corrected chi connectivity index (χ4v) is 2.63. The van der Waals surface area contributed by atoms with Crippen LogP contribution in [0.4, 0.5) is 9.52 Å². The first-order valence-electron chi connectivity index (χ1n) is 5.35. The van der Waals surface area contributed by atoms with Crippen LogP contribution in [0.15, 0.2) is 28.9 Å². The maximum atomic E-state index is 13.8. The average Bonchev–Trinajstić information content (AvgIpc) is 2.78. The second-order valence-corrected chi connectivity index (χ2v) is 5.52. The minimum Gasteiger partial charge on any atom is -0.383 e. The highest BCUT2D eigenvalue weighted by Crippen LogP contribution is 2.31. The molecular weight excluding hydrogens is 319 g/mol. The summed E-state index contributed by atoms with van der Waals surface area (Å²) in [5.74, 6) is -0.253. The topological polar surface area (TPSA) is 34.1 Å². The summed E-state index contributed by atoms with van der Waals surface area (Å²) in [6.07, 6.45) is 1.67. The number of benzene rings is 1. The largest absolute Gasteiger partial charge is 0.383 e. The highest BCUT2D eigenvalue weighted by atomic mass is 79.9. The van der Waals surface area contributed by atoms with Gasteiger partial charge in [0, 0.05) is 29.9 Å². The lowest BCUT2D eigenvalue weighted by Gasteiger charge is -2.01. The van der Waals surface area contributed by atoms with Crippen molar-refractivity contribution in [2.45, 2.75) is 0 Å². The molecule has 18 heavy (non-hydrogen) atoms. The number of nitrogens with zero attached hydrogens (tertiary/aromatic N) is 1. The van der Waals surface area contributed by atoms with Crippen molar-refractivity contribution < 1.29 is 9.13 Å². The van der Waals surface area contributed by atoms with Crippen molar-refractivity contribution >= 4 is 32.4 Å². The predicted molar refractivity (Wildman–Crippen MR) is 75.6 cm³/mol. The first-order chi connectivity index (χ1) is 8.70. The zero-order valence-electron chi connectivity index (χ0n) is 9.74. The molecule has 2 aromatic rings. The molecule has 1 N–H and O–H groups in total. The lowest BCUT2D eigenvalue weighted by Crippen LogP contribution is -2.06. The van der Waals surface area contributed by atoms with Gasteiger partial charge in [0.25, 0.3) is 0 Å². The van der Waals surface area contributed by atoms with Crippen LogP contribution in [0.25, 0.3) is 10.4 Å². The van der Waals surface area contributed by atoms with Gasteiger partial charge in [-0.25, -0.2) is 9.37 Å². The molecular formula is C12H12BrFN2OS. The Kier molecular flexibility index (Phi) is 4.68. The van der Waals surface area contributed by atoms with Crippen LogP contribution in [-0.2, 0) is 4.74 Å². The Morgan fingerprint density at radius 2 is 2.33 bits per heavy atom. The van der Waals surface area contributed by atoms with Crippen LogP contribution >= 0.6 is 27.3 Å². The van der Waals surface area contributed by atoms with Gasteiger partial charge in [-0.3, -0.25) is 0 Å². The maximum absolute atomic E-state index is 13.8. The Hall–Kier alpha value is -0.980. The van der Waals surface area contributed by atoms with Gasteiger partial charge in [-0.1, -0.05) is 27.3 Å². The van der Waals surface area contributed by atoms with E-state index < -0.39 is 0 Å². The fraction of sp³-hybridized carbons (Fsp3) is 0.250. The van der Waals surface area contributed by atoms with Crippen LogP contribution in [0.5, 0.6) is 0 Å². The molecule has 1 heterocycles. The monoisotopic (exact) mass is 330 g/mol. The molecule has 0 aliphatic carbocycles. The number of thiazole rings is 1. The smallest absolute Gasteiger partial charge is 0.183 e. The highest BCUT2D eigenvalue weighted by Gasteiger charge is 2.09. The van der Waals surface area contributed by atoms with E-state index >= 15 is 0 Å². The van der Waals surface area contributed by atoms with Crippen molar-refractivity contribution in [3.63, 3.8) is 0 Å². The van der Waals surface area contributed by atoms with Gasteiger partial charge in [0.2, 0.25) is 0 Å². The van der Waals surface area contributed by atoms with Crippen LogP contribution in [0.1, 0.15) is 0 Å². The van der Waals surface area contributed by atoms with Crippen molar-refractivity contribution in [2.75, 3.05) is 25.6 Å². The van der Waals surface area contributed by atoms with Crippen molar-refractivity contribution in [3.8, 4) is 10.4 Å². The molecule has 0 spiro atoms. The van der Waals surface area contributed by atoms with Crippen molar-refractivity contribution in [1.82, 2.24) is 4.98 Å². The molecule has 0 atom stereocenters. The molecule has 0 aliphatic rings. The Labute approximate surface area is 117 Å². The van der Waals surface area contributed by atoms with Gasteiger partial charge in [0.05, 0.1) is 11.5 Å². The van der Waals surface area contributed by atoms with Gasteiger partial charge in [-0.15, -0.1) is 0 Å². The maximum Gasteiger partial charge on any atom is 0.183 e. The predicted octanol–water partition coefficient (Wildman–Crippen LogP) is 3.77. The molecule has 96 valence electrons. The lowest BCUT2D eigenvalue weighted by molar-refractivity contribution is 0.211. The summed E-state index contributed by atoms with van der Waals surface area (Å²) >= 11 is 4.66. The molecule has 0 fully saturated rings. The minimum atomic E-state index is -0.253. The molecule has 6 heteroatoms. The molecule has 0 unspecified atom stereocenters. The average molecular weight is 331 g/mol. The summed E-state index contributed by atoms with van der Waals surface area (Å²) in [7, 11) is 1.65. The van der Waals surface area contributed by atoms with Gasteiger partial charge >= 0.3 is 0 Å². The highest BCUT2D eigenvalue weighted by molar-refractivity contribution is 9.10. The van der Waals surface area contributed by atoms with Crippen molar-refractivity contribution in [2.24, 2.45) is 0 Å². The third-order valence-corrected chi connectivity index (χ3v) is 3.77. The van der Waals surface area contributed by atoms with E-state index in [4.69, 9.17) is 4.74 Å². The Bertz CT molecular complexity index is 533. The van der Waals surface area contributed by atoms with E-state index in [0.717, 1.165) is 14.5 Å². The zero-order chi connectivity index (χ0) is 13.0. The zero-order valence-corrected chi connectivity index (χ0v) is 12.1. The number of ether oxygens (including phenoxy) is 1. The number of halogens is 2. The summed E-state index contributed by atoms with van der Waals surface area (Å²) in [5.41, 5.74) is 0.565. The summed E-state index contributed by atoms with van der Waals surface area (Å²) < 4.78 is 19.4. The molecule has 3 nitrogen and oxygen atoms in total. The number of nitrogens with one attached hydrogen (secondary N) is 1. The van der Waals surface area contributed by atoms with Crippen LogP contribution in [0.3, 0.4) is 0 Å². The quantitative estimate of drug-likeness (QED) is 0.847. The second kappa shape index (κ2) is 6.26. The first-order valence-corrected chi connectivity index (χ1v) is 6.95. The number of anilines is 1. The van der Waals surface area contributed by atoms with E-state index in [1.807, 2.05) is 6.07 Å². The number of rotatable bonds is 5. The van der Waals surface area contributed by atoms with E-state index in [0.29, 0.717) is 18.7 Å². The number of methoxy groups -OCH3 is 1. The third kappa shape index (κ3) is 3.28. The first kappa shape index (κ1) is 13.5. The van der Waals surface area contributed by atoms with E-state index in [1.54, 1.807) is 19.4 Å². The molecule has 1 aromatic carbocycles. The second-order valence-electron chi connectivity index (χ2n) is 3.57. The Balaban J connectivity index is 2.13. The van der Waals surface area contributed by atoms with E-state index in [1.165, 1.54) is 17.4 Å². The van der Waals surface area contributed by atoms with Crippen LogP contribution in [0.2, 0.25) is 0 Å². The molecule has 0 aliphatic heterocycles.